The van der Waals surface area contributed by atoms with E-state index in [-0.39, 0.29) is 32.0 Å². The van der Waals surface area contributed by atoms with E-state index < -0.39 is 30.1 Å². The van der Waals surface area contributed by atoms with Gasteiger partial charge in [-0.15, -0.1) is 11.8 Å². The third-order valence-electron chi connectivity index (χ3n) is 5.66. The zero-order valence-corrected chi connectivity index (χ0v) is 19.2. The van der Waals surface area contributed by atoms with Crippen molar-refractivity contribution >= 4 is 18.0 Å². The summed E-state index contributed by atoms with van der Waals surface area (Å²) in [6, 6.07) is 13.8. The van der Waals surface area contributed by atoms with Gasteiger partial charge in [-0.25, -0.2) is 9.59 Å². The molecule has 0 saturated heterocycles. The summed E-state index contributed by atoms with van der Waals surface area (Å²) in [7, 11) is 1.47. The molecule has 8 heteroatoms. The lowest BCUT2D eigenvalue weighted by atomic mass is 9.98. The van der Waals surface area contributed by atoms with Crippen LogP contribution in [-0.4, -0.2) is 55.5 Å². The molecule has 0 aliphatic heterocycles. The fourth-order valence-electron chi connectivity index (χ4n) is 3.96. The van der Waals surface area contributed by atoms with E-state index >= 15 is 0 Å². The van der Waals surface area contributed by atoms with Crippen LogP contribution in [0, 0.1) is 11.8 Å². The first kappa shape index (κ1) is 24.8. The number of carboxylic acids is 1. The Kier molecular flexibility index (Phi) is 8.66. The summed E-state index contributed by atoms with van der Waals surface area (Å²) in [5.41, 5.74) is 4.37. The lowest BCUT2D eigenvalue weighted by molar-refractivity contribution is -0.142. The third-order valence-corrected chi connectivity index (χ3v) is 5.66. The molecule has 1 aliphatic rings. The number of carboxylic acid groups (broad SMARTS) is 1. The molecule has 0 radical (unpaired) electrons. The van der Waals surface area contributed by atoms with Crippen LogP contribution in [-0.2, 0) is 19.1 Å². The lowest BCUT2D eigenvalue weighted by Gasteiger charge is -2.21. The molecule has 2 aromatic carbocycles. The largest absolute Gasteiger partial charge is 0.480 e. The number of hydrogen-bond acceptors (Lipinski definition) is 5. The van der Waals surface area contributed by atoms with Crippen molar-refractivity contribution in [3.05, 3.63) is 59.7 Å². The maximum atomic E-state index is 12.7. The summed E-state index contributed by atoms with van der Waals surface area (Å²) >= 11 is 0. The Bertz CT molecular complexity index is 1060. The molecule has 3 rings (SSSR count). The van der Waals surface area contributed by atoms with Gasteiger partial charge in [0.05, 0.1) is 0 Å². The highest BCUT2D eigenvalue weighted by atomic mass is 16.5. The molecule has 2 aromatic rings. The van der Waals surface area contributed by atoms with Gasteiger partial charge in [0.2, 0.25) is 5.91 Å². The number of hydrogen-bond donors (Lipinski definition) is 3. The topological polar surface area (TPSA) is 114 Å². The number of carbonyl (C=O) groups is 3. The molecular formula is C26H28N2O6. The van der Waals surface area contributed by atoms with Crippen molar-refractivity contribution in [1.29, 1.82) is 0 Å². The number of carbonyl (C=O) groups excluding carboxylic acids is 2. The molecule has 0 heterocycles. The van der Waals surface area contributed by atoms with Crippen molar-refractivity contribution in [2.24, 2.45) is 0 Å². The summed E-state index contributed by atoms with van der Waals surface area (Å²) < 4.78 is 10.5. The number of amides is 2. The van der Waals surface area contributed by atoms with Crippen molar-refractivity contribution < 1.29 is 29.0 Å². The van der Waals surface area contributed by atoms with Crippen molar-refractivity contribution in [3.63, 3.8) is 0 Å². The summed E-state index contributed by atoms with van der Waals surface area (Å²) in [5.74, 6) is 3.28. The summed E-state index contributed by atoms with van der Waals surface area (Å²) in [5, 5.41) is 14.3. The number of fused-ring (bicyclic) bond motifs is 3. The van der Waals surface area contributed by atoms with Crippen molar-refractivity contribution in [2.75, 3.05) is 20.3 Å². The Morgan fingerprint density at radius 1 is 1.00 bits per heavy atom. The van der Waals surface area contributed by atoms with Gasteiger partial charge in [-0.2, -0.15) is 0 Å². The van der Waals surface area contributed by atoms with E-state index in [2.05, 4.69) is 22.5 Å². The van der Waals surface area contributed by atoms with Crippen molar-refractivity contribution in [2.45, 2.75) is 37.8 Å². The first-order valence-corrected chi connectivity index (χ1v) is 11.0. The fourth-order valence-corrected chi connectivity index (χ4v) is 3.96. The van der Waals surface area contributed by atoms with Gasteiger partial charge >= 0.3 is 12.1 Å². The van der Waals surface area contributed by atoms with Gasteiger partial charge in [-0.1, -0.05) is 48.5 Å². The molecule has 2 atom stereocenters. The SMILES string of the molecule is CC#CCC(NC(=O)C(CCOC)NC(=O)OCC1c2ccccc2-c2ccccc21)C(=O)O. The standard InChI is InChI=1S/C26H28N2O6/c1-3-4-13-23(25(30)31)27-24(29)22(14-15-33-2)28-26(32)34-16-21-19-11-7-5-9-17(19)18-10-6-8-12-20(18)21/h5-12,21-23H,13-16H2,1-2H3,(H,27,29)(H,28,32)(H,30,31). The summed E-state index contributed by atoms with van der Waals surface area (Å²) in [4.78, 5) is 36.7. The molecule has 0 saturated carbocycles. The van der Waals surface area contributed by atoms with Gasteiger partial charge in [0.15, 0.2) is 0 Å². The quantitative estimate of drug-likeness (QED) is 0.466. The predicted octanol–water partition coefficient (Wildman–Crippen LogP) is 2.91. The van der Waals surface area contributed by atoms with Crippen LogP contribution in [0.3, 0.4) is 0 Å². The number of methoxy groups -OCH3 is 1. The van der Waals surface area contributed by atoms with Gasteiger partial charge in [-0.05, 0) is 29.2 Å². The van der Waals surface area contributed by atoms with Gasteiger partial charge in [-0.3, -0.25) is 4.79 Å². The number of rotatable bonds is 10. The molecule has 1 aliphatic carbocycles. The van der Waals surface area contributed by atoms with Crippen LogP contribution in [0.5, 0.6) is 0 Å². The Hall–Kier alpha value is -3.83. The molecule has 0 bridgehead atoms. The first-order valence-electron chi connectivity index (χ1n) is 11.0. The minimum Gasteiger partial charge on any atom is -0.480 e. The highest BCUT2D eigenvalue weighted by molar-refractivity contribution is 5.89. The smallest absolute Gasteiger partial charge is 0.407 e. The molecule has 0 fully saturated rings. The zero-order valence-electron chi connectivity index (χ0n) is 19.2. The molecule has 8 nitrogen and oxygen atoms in total. The van der Waals surface area contributed by atoms with Crippen LogP contribution in [0.25, 0.3) is 11.1 Å². The minimum atomic E-state index is -1.21. The molecular weight excluding hydrogens is 436 g/mol. The van der Waals surface area contributed by atoms with E-state index in [1.807, 2.05) is 48.5 Å². The molecule has 178 valence electrons. The van der Waals surface area contributed by atoms with Gasteiger partial charge in [0, 0.05) is 32.5 Å². The summed E-state index contributed by atoms with van der Waals surface area (Å²) in [6.45, 7) is 1.87. The highest BCUT2D eigenvalue weighted by Gasteiger charge is 2.30. The fraction of sp³-hybridized carbons (Fsp3) is 0.346. The second-order valence-electron chi connectivity index (χ2n) is 7.83. The Balaban J connectivity index is 1.65. The zero-order chi connectivity index (χ0) is 24.5. The summed E-state index contributed by atoms with van der Waals surface area (Å²) in [6.07, 6.45) is -0.656. The maximum Gasteiger partial charge on any atom is 0.407 e. The highest BCUT2D eigenvalue weighted by Crippen LogP contribution is 2.44. The van der Waals surface area contributed by atoms with Crippen LogP contribution in [0.15, 0.2) is 48.5 Å². The first-order chi connectivity index (χ1) is 16.5. The number of alkyl carbamates (subject to hydrolysis) is 1. The number of benzene rings is 2. The van der Waals surface area contributed by atoms with E-state index in [4.69, 9.17) is 9.47 Å². The molecule has 0 spiro atoms. The number of aliphatic carboxylic acids is 1. The second-order valence-corrected chi connectivity index (χ2v) is 7.83. The minimum absolute atomic E-state index is 0.0421. The van der Waals surface area contributed by atoms with E-state index in [1.54, 1.807) is 6.92 Å². The van der Waals surface area contributed by atoms with E-state index in [9.17, 15) is 19.5 Å². The average Bonchev–Trinajstić information content (AvgIpc) is 3.16. The number of nitrogens with one attached hydrogen (secondary N) is 2. The molecule has 2 amide bonds. The van der Waals surface area contributed by atoms with Crippen molar-refractivity contribution in [3.8, 4) is 23.0 Å². The van der Waals surface area contributed by atoms with E-state index in [0.717, 1.165) is 22.3 Å². The van der Waals surface area contributed by atoms with Gasteiger partial charge in [0.25, 0.3) is 0 Å². The van der Waals surface area contributed by atoms with Crippen LogP contribution in [0.4, 0.5) is 4.79 Å². The van der Waals surface area contributed by atoms with Gasteiger partial charge in [0.1, 0.15) is 18.7 Å². The normalized spacial score (nSPS) is 13.5. The molecule has 0 aromatic heterocycles. The lowest BCUT2D eigenvalue weighted by Crippen LogP contribution is -2.52. The van der Waals surface area contributed by atoms with Crippen LogP contribution in [0.2, 0.25) is 0 Å². The molecule has 3 N–H and O–H groups in total. The van der Waals surface area contributed by atoms with Crippen LogP contribution < -0.4 is 10.6 Å². The Morgan fingerprint density at radius 2 is 1.62 bits per heavy atom. The monoisotopic (exact) mass is 464 g/mol. The Labute approximate surface area is 198 Å². The average molecular weight is 465 g/mol. The third kappa shape index (κ3) is 5.94. The maximum absolute atomic E-state index is 12.7. The molecule has 2 unspecified atom stereocenters. The van der Waals surface area contributed by atoms with Crippen LogP contribution in [0.1, 0.15) is 36.8 Å². The van der Waals surface area contributed by atoms with Crippen LogP contribution >= 0.6 is 0 Å². The number of ether oxygens (including phenoxy) is 2. The van der Waals surface area contributed by atoms with Crippen molar-refractivity contribution in [1.82, 2.24) is 10.6 Å². The van der Waals surface area contributed by atoms with E-state index in [0.29, 0.717) is 0 Å². The predicted molar refractivity (Wildman–Crippen MR) is 126 cm³/mol. The van der Waals surface area contributed by atoms with E-state index in [1.165, 1.54) is 7.11 Å². The van der Waals surface area contributed by atoms with Gasteiger partial charge < -0.3 is 25.2 Å². The second kappa shape index (κ2) is 11.9. The Morgan fingerprint density at radius 3 is 2.18 bits per heavy atom. The molecule has 34 heavy (non-hydrogen) atoms.